The van der Waals surface area contributed by atoms with Crippen LogP contribution in [0.2, 0.25) is 0 Å². The first-order valence-electron chi connectivity index (χ1n) is 13.2. The monoisotopic (exact) mass is 535 g/mol. The molecule has 8 heteroatoms. The van der Waals surface area contributed by atoms with E-state index in [1.165, 1.54) is 0 Å². The Hall–Kier alpha value is -3.94. The number of rotatable bonds is 10. The predicted octanol–water partition coefficient (Wildman–Crippen LogP) is 5.43. The van der Waals surface area contributed by atoms with Crippen molar-refractivity contribution < 1.29 is 33.3 Å². The van der Waals surface area contributed by atoms with Crippen molar-refractivity contribution in [1.29, 1.82) is 0 Å². The van der Waals surface area contributed by atoms with E-state index in [2.05, 4.69) is 5.32 Å². The number of benzene rings is 2. The van der Waals surface area contributed by atoms with Gasteiger partial charge in [0.2, 0.25) is 0 Å². The summed E-state index contributed by atoms with van der Waals surface area (Å²) in [6.07, 6.45) is 2.55. The van der Waals surface area contributed by atoms with Crippen LogP contribution in [0, 0.1) is 0 Å². The first-order valence-corrected chi connectivity index (χ1v) is 13.2. The number of dihydropyridines is 1. The number of carbonyl (C=O) groups excluding carboxylic acids is 2. The lowest BCUT2D eigenvalue weighted by atomic mass is 9.71. The van der Waals surface area contributed by atoms with Gasteiger partial charge in [-0.2, -0.15) is 0 Å². The lowest BCUT2D eigenvalue weighted by Gasteiger charge is -2.37. The standard InChI is InChI=1S/C31H37NO7/c1-7-8-14-39-31(34)27-18(2)32-22-15-20(19-12-13-24(35-3)26(17-19)37-5)16-23(33)29(22)28(27)21-10-9-11-25(36-4)30(21)38-6/h9-13,17,20,28,32H,7-8,14-16H2,1-6H3/t20-,28-/m1/s1. The molecule has 2 aromatic rings. The molecule has 0 unspecified atom stereocenters. The van der Waals surface area contributed by atoms with Gasteiger partial charge in [-0.05, 0) is 49.4 Å². The van der Waals surface area contributed by atoms with Gasteiger partial charge in [-0.3, -0.25) is 4.79 Å². The molecule has 0 saturated carbocycles. The van der Waals surface area contributed by atoms with E-state index in [4.69, 9.17) is 23.7 Å². The molecule has 4 rings (SSSR count). The lowest BCUT2D eigenvalue weighted by Crippen LogP contribution is -2.36. The van der Waals surface area contributed by atoms with Gasteiger partial charge in [-0.1, -0.05) is 31.5 Å². The molecule has 39 heavy (non-hydrogen) atoms. The number of allylic oxidation sites excluding steroid dienone is 3. The Morgan fingerprint density at radius 1 is 0.949 bits per heavy atom. The number of carbonyl (C=O) groups is 2. The average Bonchev–Trinajstić information content (AvgIpc) is 2.95. The molecule has 0 bridgehead atoms. The van der Waals surface area contributed by atoms with Crippen LogP contribution >= 0.6 is 0 Å². The fourth-order valence-corrected chi connectivity index (χ4v) is 5.49. The van der Waals surface area contributed by atoms with Crippen LogP contribution < -0.4 is 24.3 Å². The number of para-hydroxylation sites is 1. The highest BCUT2D eigenvalue weighted by atomic mass is 16.5. The van der Waals surface area contributed by atoms with E-state index in [0.717, 1.165) is 24.1 Å². The van der Waals surface area contributed by atoms with E-state index >= 15 is 0 Å². The highest BCUT2D eigenvalue weighted by molar-refractivity contribution is 6.04. The van der Waals surface area contributed by atoms with Crippen molar-refractivity contribution in [2.24, 2.45) is 0 Å². The topological polar surface area (TPSA) is 92.3 Å². The fourth-order valence-electron chi connectivity index (χ4n) is 5.49. The highest BCUT2D eigenvalue weighted by Crippen LogP contribution is 2.49. The van der Waals surface area contributed by atoms with Crippen LogP contribution in [-0.2, 0) is 14.3 Å². The molecule has 1 heterocycles. The second-order valence-corrected chi connectivity index (χ2v) is 9.70. The zero-order valence-corrected chi connectivity index (χ0v) is 23.5. The first-order chi connectivity index (χ1) is 18.9. The second kappa shape index (κ2) is 12.3. The van der Waals surface area contributed by atoms with Crippen LogP contribution in [0.4, 0.5) is 0 Å². The third kappa shape index (κ3) is 5.46. The molecule has 0 aromatic heterocycles. The zero-order valence-electron chi connectivity index (χ0n) is 23.5. The molecular weight excluding hydrogens is 498 g/mol. The van der Waals surface area contributed by atoms with Gasteiger partial charge in [0.05, 0.1) is 46.5 Å². The Morgan fingerprint density at radius 3 is 2.36 bits per heavy atom. The van der Waals surface area contributed by atoms with Crippen molar-refractivity contribution >= 4 is 11.8 Å². The summed E-state index contributed by atoms with van der Waals surface area (Å²) >= 11 is 0. The number of nitrogens with one attached hydrogen (secondary N) is 1. The Bertz CT molecular complexity index is 1310. The Balaban J connectivity index is 1.81. The second-order valence-electron chi connectivity index (χ2n) is 9.70. The summed E-state index contributed by atoms with van der Waals surface area (Å²) in [6, 6.07) is 11.3. The Labute approximate surface area is 229 Å². The van der Waals surface area contributed by atoms with Crippen molar-refractivity contribution in [2.45, 2.75) is 51.4 Å². The van der Waals surface area contributed by atoms with Crippen LogP contribution in [0.25, 0.3) is 0 Å². The minimum absolute atomic E-state index is 0.0373. The molecule has 2 aliphatic rings. The van der Waals surface area contributed by atoms with Gasteiger partial charge in [0.25, 0.3) is 0 Å². The minimum Gasteiger partial charge on any atom is -0.493 e. The van der Waals surface area contributed by atoms with Gasteiger partial charge in [0.1, 0.15) is 0 Å². The molecule has 1 N–H and O–H groups in total. The number of ketones is 1. The summed E-state index contributed by atoms with van der Waals surface area (Å²) < 4.78 is 27.9. The molecule has 0 saturated heterocycles. The molecule has 1 aliphatic carbocycles. The van der Waals surface area contributed by atoms with Crippen molar-refractivity contribution in [3.8, 4) is 23.0 Å². The van der Waals surface area contributed by atoms with Crippen molar-refractivity contribution in [3.63, 3.8) is 0 Å². The summed E-state index contributed by atoms with van der Waals surface area (Å²) in [5, 5.41) is 3.40. The van der Waals surface area contributed by atoms with Crippen LogP contribution in [0.15, 0.2) is 58.9 Å². The average molecular weight is 536 g/mol. The predicted molar refractivity (Wildman–Crippen MR) is 148 cm³/mol. The van der Waals surface area contributed by atoms with E-state index in [9.17, 15) is 9.59 Å². The maximum atomic E-state index is 14.0. The molecule has 208 valence electrons. The third-order valence-electron chi connectivity index (χ3n) is 7.40. The molecule has 1 aliphatic heterocycles. The number of methoxy groups -OCH3 is 4. The number of hydrogen-bond donors (Lipinski definition) is 1. The van der Waals surface area contributed by atoms with Gasteiger partial charge in [-0.25, -0.2) is 4.79 Å². The molecule has 8 nitrogen and oxygen atoms in total. The van der Waals surface area contributed by atoms with Crippen LogP contribution in [0.5, 0.6) is 23.0 Å². The Kier molecular flexibility index (Phi) is 8.84. The number of ether oxygens (including phenoxy) is 5. The van der Waals surface area contributed by atoms with E-state index in [1.54, 1.807) is 34.5 Å². The maximum Gasteiger partial charge on any atom is 0.336 e. The molecular formula is C31H37NO7. The van der Waals surface area contributed by atoms with Crippen molar-refractivity contribution in [1.82, 2.24) is 5.32 Å². The zero-order chi connectivity index (χ0) is 28.1. The number of Topliss-reactive ketones (excluding diaryl/α,β-unsaturated/α-hetero) is 1. The Morgan fingerprint density at radius 2 is 1.69 bits per heavy atom. The van der Waals surface area contributed by atoms with E-state index < -0.39 is 11.9 Å². The van der Waals surface area contributed by atoms with Crippen molar-refractivity contribution in [3.05, 3.63) is 70.1 Å². The number of hydrogen-bond acceptors (Lipinski definition) is 8. The van der Waals surface area contributed by atoms with Gasteiger partial charge in [-0.15, -0.1) is 0 Å². The largest absolute Gasteiger partial charge is 0.493 e. The van der Waals surface area contributed by atoms with E-state index in [-0.39, 0.29) is 18.1 Å². The van der Waals surface area contributed by atoms with E-state index in [1.807, 2.05) is 44.2 Å². The number of unbranched alkanes of at least 4 members (excludes halogenated alkanes) is 1. The quantitative estimate of drug-likeness (QED) is 0.318. The summed E-state index contributed by atoms with van der Waals surface area (Å²) in [6.45, 7) is 4.21. The van der Waals surface area contributed by atoms with Gasteiger partial charge in [0.15, 0.2) is 28.8 Å². The molecule has 0 amide bonds. The summed E-state index contributed by atoms with van der Waals surface area (Å²) in [5.74, 6) is 1.06. The SMILES string of the molecule is CCCCOC(=O)C1=C(C)NC2=C(C(=O)C[C@H](c3ccc(OC)c(OC)c3)C2)[C@@H]1c1cccc(OC)c1OC. The highest BCUT2D eigenvalue weighted by Gasteiger charge is 2.43. The van der Waals surface area contributed by atoms with Crippen LogP contribution in [0.1, 0.15) is 62.5 Å². The lowest BCUT2D eigenvalue weighted by molar-refractivity contribution is -0.139. The summed E-state index contributed by atoms with van der Waals surface area (Å²) in [4.78, 5) is 27.4. The molecule has 2 atom stereocenters. The normalized spacial score (nSPS) is 18.8. The maximum absolute atomic E-state index is 14.0. The van der Waals surface area contributed by atoms with Gasteiger partial charge >= 0.3 is 5.97 Å². The smallest absolute Gasteiger partial charge is 0.336 e. The molecule has 0 spiro atoms. The van der Waals surface area contributed by atoms with Crippen LogP contribution in [0.3, 0.4) is 0 Å². The van der Waals surface area contributed by atoms with Crippen LogP contribution in [-0.4, -0.2) is 46.8 Å². The number of esters is 1. The third-order valence-corrected chi connectivity index (χ3v) is 7.40. The van der Waals surface area contributed by atoms with Crippen molar-refractivity contribution in [2.75, 3.05) is 35.0 Å². The van der Waals surface area contributed by atoms with E-state index in [0.29, 0.717) is 58.4 Å². The summed E-state index contributed by atoms with van der Waals surface area (Å²) in [7, 11) is 6.31. The minimum atomic E-state index is -0.653. The summed E-state index contributed by atoms with van der Waals surface area (Å²) in [5.41, 5.74) is 4.09. The first kappa shape index (κ1) is 28.1. The molecule has 0 radical (unpaired) electrons. The molecule has 2 aromatic carbocycles. The fraction of sp³-hybridized carbons (Fsp3) is 0.419. The molecule has 0 fully saturated rings. The van der Waals surface area contributed by atoms with Gasteiger partial charge < -0.3 is 29.0 Å². The van der Waals surface area contributed by atoms with Gasteiger partial charge in [0, 0.05) is 29.0 Å².